The molecule has 0 radical (unpaired) electrons. The molecule has 3 heteroatoms. The van der Waals surface area contributed by atoms with Crippen LogP contribution in [-0.2, 0) is 4.79 Å². The van der Waals surface area contributed by atoms with Gasteiger partial charge in [0, 0.05) is 6.04 Å². The number of carbonyl (C=O) groups is 1. The summed E-state index contributed by atoms with van der Waals surface area (Å²) in [7, 11) is 0. The Morgan fingerprint density at radius 1 is 1.38 bits per heavy atom. The van der Waals surface area contributed by atoms with Crippen LogP contribution < -0.4 is 5.32 Å². The summed E-state index contributed by atoms with van der Waals surface area (Å²) in [6, 6.07) is 0.136. The number of nitrogens with one attached hydrogen (secondary N) is 1. The topological polar surface area (TPSA) is 49.3 Å². The van der Waals surface area contributed by atoms with Gasteiger partial charge in [-0.25, -0.2) is 0 Å². The molecule has 1 rings (SSSR count). The molecule has 1 fully saturated rings. The molecule has 0 aliphatic heterocycles. The Labute approximate surface area is 79.5 Å². The van der Waals surface area contributed by atoms with E-state index >= 15 is 0 Å². The van der Waals surface area contributed by atoms with Crippen molar-refractivity contribution in [2.24, 2.45) is 5.92 Å². The fraction of sp³-hybridized carbons (Fsp3) is 0.900. The highest BCUT2D eigenvalue weighted by molar-refractivity contribution is 5.86. The average molecular weight is 185 g/mol. The second-order valence-electron chi connectivity index (χ2n) is 4.39. The standard InChI is InChI=1S/C10H19NO2/c1-7(2)8(3)11-9(12)10(13)5-4-6-10/h7-8,13H,4-6H2,1-3H3,(H,11,12)/t8-/m1/s1. The lowest BCUT2D eigenvalue weighted by atomic mass is 9.79. The van der Waals surface area contributed by atoms with E-state index < -0.39 is 5.60 Å². The van der Waals surface area contributed by atoms with Crippen LogP contribution in [0.15, 0.2) is 0 Å². The molecule has 0 heterocycles. The number of aliphatic hydroxyl groups is 1. The van der Waals surface area contributed by atoms with Crippen LogP contribution in [0.4, 0.5) is 0 Å². The summed E-state index contributed by atoms with van der Waals surface area (Å²) in [6.07, 6.45) is 2.19. The predicted octanol–water partition coefficient (Wildman–Crippen LogP) is 1.06. The highest BCUT2D eigenvalue weighted by Crippen LogP contribution is 2.31. The summed E-state index contributed by atoms with van der Waals surface area (Å²) < 4.78 is 0. The van der Waals surface area contributed by atoms with Crippen LogP contribution in [0, 0.1) is 5.92 Å². The fourth-order valence-corrected chi connectivity index (χ4v) is 1.25. The molecule has 0 aromatic heterocycles. The van der Waals surface area contributed by atoms with E-state index in [1.54, 1.807) is 0 Å². The molecule has 1 aliphatic carbocycles. The molecular formula is C10H19NO2. The SMILES string of the molecule is CC(C)[C@@H](C)NC(=O)C1(O)CCC1. The summed E-state index contributed by atoms with van der Waals surface area (Å²) in [5.41, 5.74) is -1.05. The van der Waals surface area contributed by atoms with E-state index in [1.807, 2.05) is 6.92 Å². The Bertz CT molecular complexity index is 197. The molecule has 1 saturated carbocycles. The molecule has 1 aliphatic rings. The number of rotatable bonds is 3. The van der Waals surface area contributed by atoms with E-state index in [1.165, 1.54) is 0 Å². The van der Waals surface area contributed by atoms with Gasteiger partial charge < -0.3 is 10.4 Å². The number of carbonyl (C=O) groups excluding carboxylic acids is 1. The third kappa shape index (κ3) is 2.21. The van der Waals surface area contributed by atoms with Crippen molar-refractivity contribution in [1.29, 1.82) is 0 Å². The minimum atomic E-state index is -1.05. The molecule has 0 unspecified atom stereocenters. The quantitative estimate of drug-likeness (QED) is 0.690. The third-order valence-electron chi connectivity index (χ3n) is 2.96. The Kier molecular flexibility index (Phi) is 2.96. The van der Waals surface area contributed by atoms with Crippen molar-refractivity contribution >= 4 is 5.91 Å². The molecule has 0 bridgehead atoms. The lowest BCUT2D eigenvalue weighted by Crippen LogP contribution is -2.54. The molecule has 2 N–H and O–H groups in total. The molecule has 3 nitrogen and oxygen atoms in total. The minimum Gasteiger partial charge on any atom is -0.380 e. The predicted molar refractivity (Wildman–Crippen MR) is 51.2 cm³/mol. The van der Waals surface area contributed by atoms with Gasteiger partial charge in [0.25, 0.3) is 5.91 Å². The van der Waals surface area contributed by atoms with Crippen LogP contribution in [0.2, 0.25) is 0 Å². The Morgan fingerprint density at radius 3 is 2.23 bits per heavy atom. The molecule has 0 aromatic carbocycles. The molecule has 1 amide bonds. The molecule has 1 atom stereocenters. The van der Waals surface area contributed by atoms with Gasteiger partial charge in [-0.15, -0.1) is 0 Å². The van der Waals surface area contributed by atoms with E-state index in [9.17, 15) is 9.90 Å². The van der Waals surface area contributed by atoms with Crippen molar-refractivity contribution in [3.05, 3.63) is 0 Å². The minimum absolute atomic E-state index is 0.136. The molecule has 0 spiro atoms. The zero-order valence-corrected chi connectivity index (χ0v) is 8.63. The summed E-state index contributed by atoms with van der Waals surface area (Å²) in [6.45, 7) is 6.07. The summed E-state index contributed by atoms with van der Waals surface area (Å²) in [4.78, 5) is 11.5. The van der Waals surface area contributed by atoms with Gasteiger partial charge in [0.2, 0.25) is 0 Å². The van der Waals surface area contributed by atoms with E-state index in [4.69, 9.17) is 0 Å². The second kappa shape index (κ2) is 3.66. The van der Waals surface area contributed by atoms with E-state index in [2.05, 4.69) is 19.2 Å². The molecule has 0 saturated heterocycles. The van der Waals surface area contributed by atoms with E-state index in [0.29, 0.717) is 18.8 Å². The van der Waals surface area contributed by atoms with E-state index in [-0.39, 0.29) is 11.9 Å². The number of hydrogen-bond acceptors (Lipinski definition) is 2. The van der Waals surface area contributed by atoms with Gasteiger partial charge in [0.05, 0.1) is 0 Å². The van der Waals surface area contributed by atoms with Gasteiger partial charge in [-0.2, -0.15) is 0 Å². The first kappa shape index (κ1) is 10.5. The first-order valence-electron chi connectivity index (χ1n) is 4.99. The smallest absolute Gasteiger partial charge is 0.252 e. The van der Waals surface area contributed by atoms with E-state index in [0.717, 1.165) is 6.42 Å². The van der Waals surface area contributed by atoms with Crippen molar-refractivity contribution in [2.75, 3.05) is 0 Å². The fourth-order valence-electron chi connectivity index (χ4n) is 1.25. The van der Waals surface area contributed by atoms with Crippen molar-refractivity contribution in [1.82, 2.24) is 5.32 Å². The van der Waals surface area contributed by atoms with Crippen LogP contribution >= 0.6 is 0 Å². The van der Waals surface area contributed by atoms with Gasteiger partial charge >= 0.3 is 0 Å². The largest absolute Gasteiger partial charge is 0.380 e. The second-order valence-corrected chi connectivity index (χ2v) is 4.39. The summed E-state index contributed by atoms with van der Waals surface area (Å²) in [5, 5.41) is 12.5. The average Bonchev–Trinajstić information content (AvgIpc) is 1.99. The summed E-state index contributed by atoms with van der Waals surface area (Å²) >= 11 is 0. The van der Waals surface area contributed by atoms with Crippen molar-refractivity contribution in [3.63, 3.8) is 0 Å². The monoisotopic (exact) mass is 185 g/mol. The Hall–Kier alpha value is -0.570. The van der Waals surface area contributed by atoms with Gasteiger partial charge in [-0.3, -0.25) is 4.79 Å². The summed E-state index contributed by atoms with van der Waals surface area (Å²) in [5.74, 6) is 0.215. The van der Waals surface area contributed by atoms with Crippen LogP contribution in [-0.4, -0.2) is 22.7 Å². The Balaban J connectivity index is 2.41. The number of hydrogen-bond donors (Lipinski definition) is 2. The maximum Gasteiger partial charge on any atom is 0.252 e. The van der Waals surface area contributed by atoms with Crippen LogP contribution in [0.25, 0.3) is 0 Å². The highest BCUT2D eigenvalue weighted by Gasteiger charge is 2.42. The molecule has 76 valence electrons. The van der Waals surface area contributed by atoms with Crippen LogP contribution in [0.1, 0.15) is 40.0 Å². The van der Waals surface area contributed by atoms with Gasteiger partial charge in [-0.1, -0.05) is 13.8 Å². The molecule has 13 heavy (non-hydrogen) atoms. The van der Waals surface area contributed by atoms with Gasteiger partial charge in [0.1, 0.15) is 5.60 Å². The molecular weight excluding hydrogens is 166 g/mol. The maximum absolute atomic E-state index is 11.5. The molecule has 0 aromatic rings. The van der Waals surface area contributed by atoms with Gasteiger partial charge in [-0.05, 0) is 32.1 Å². The lowest BCUT2D eigenvalue weighted by molar-refractivity contribution is -0.149. The normalized spacial score (nSPS) is 22.2. The van der Waals surface area contributed by atoms with Gasteiger partial charge in [0.15, 0.2) is 0 Å². The highest BCUT2D eigenvalue weighted by atomic mass is 16.3. The van der Waals surface area contributed by atoms with Crippen molar-refractivity contribution < 1.29 is 9.90 Å². The van der Waals surface area contributed by atoms with Crippen LogP contribution in [0.5, 0.6) is 0 Å². The zero-order chi connectivity index (χ0) is 10.1. The lowest BCUT2D eigenvalue weighted by Gasteiger charge is -2.36. The number of amides is 1. The third-order valence-corrected chi connectivity index (χ3v) is 2.96. The first-order chi connectivity index (χ1) is 5.96. The maximum atomic E-state index is 11.5. The van der Waals surface area contributed by atoms with Crippen molar-refractivity contribution in [3.8, 4) is 0 Å². The zero-order valence-electron chi connectivity index (χ0n) is 8.63. The Morgan fingerprint density at radius 2 is 1.92 bits per heavy atom. The first-order valence-corrected chi connectivity index (χ1v) is 4.99. The van der Waals surface area contributed by atoms with Crippen LogP contribution in [0.3, 0.4) is 0 Å². The van der Waals surface area contributed by atoms with Crippen molar-refractivity contribution in [2.45, 2.75) is 51.7 Å².